The summed E-state index contributed by atoms with van der Waals surface area (Å²) >= 11 is 0. The summed E-state index contributed by atoms with van der Waals surface area (Å²) in [6.45, 7) is 2.32. The zero-order valence-corrected chi connectivity index (χ0v) is 17.3. The fourth-order valence-corrected chi connectivity index (χ4v) is 4.59. The van der Waals surface area contributed by atoms with Crippen molar-refractivity contribution >= 4 is 5.91 Å². The van der Waals surface area contributed by atoms with Crippen LogP contribution in [0.1, 0.15) is 36.9 Å². The Morgan fingerprint density at radius 1 is 1.17 bits per heavy atom. The summed E-state index contributed by atoms with van der Waals surface area (Å²) in [6.07, 6.45) is 4.49. The topological polar surface area (TPSA) is 75.3 Å². The number of hydrogen-bond donors (Lipinski definition) is 1. The van der Waals surface area contributed by atoms with Gasteiger partial charge in [0.2, 0.25) is 5.91 Å². The molecule has 2 heterocycles. The molecule has 30 heavy (non-hydrogen) atoms. The van der Waals surface area contributed by atoms with Gasteiger partial charge in [0.05, 0.1) is 5.69 Å². The van der Waals surface area contributed by atoms with Gasteiger partial charge in [-0.2, -0.15) is 0 Å². The zero-order valence-electron chi connectivity index (χ0n) is 17.3. The van der Waals surface area contributed by atoms with E-state index in [-0.39, 0.29) is 23.2 Å². The maximum atomic E-state index is 13.2. The second-order valence-electron chi connectivity index (χ2n) is 8.34. The quantitative estimate of drug-likeness (QED) is 0.782. The highest BCUT2D eigenvalue weighted by molar-refractivity contribution is 5.79. The third kappa shape index (κ3) is 4.46. The minimum absolute atomic E-state index is 0.0770. The lowest BCUT2D eigenvalue weighted by Crippen LogP contribution is -2.42. The van der Waals surface area contributed by atoms with Crippen molar-refractivity contribution in [3.63, 3.8) is 0 Å². The molecule has 1 aromatic heterocycles. The van der Waals surface area contributed by atoms with Gasteiger partial charge >= 0.3 is 0 Å². The molecule has 0 spiro atoms. The first kappa shape index (κ1) is 20.7. The summed E-state index contributed by atoms with van der Waals surface area (Å²) in [7, 11) is 1.72. The largest absolute Gasteiger partial charge is 0.384 e. The summed E-state index contributed by atoms with van der Waals surface area (Å²) in [5.74, 6) is 0.776. The van der Waals surface area contributed by atoms with Gasteiger partial charge < -0.3 is 14.6 Å². The molecule has 1 amide bonds. The average Bonchev–Trinajstić information content (AvgIpc) is 2.98. The molecule has 0 radical (unpaired) electrons. The predicted octanol–water partition coefficient (Wildman–Crippen LogP) is 2.96. The van der Waals surface area contributed by atoms with Gasteiger partial charge in [0.1, 0.15) is 11.6 Å². The van der Waals surface area contributed by atoms with Crippen LogP contribution in [-0.2, 0) is 22.4 Å². The number of aromatic amines is 1. The van der Waals surface area contributed by atoms with Gasteiger partial charge in [-0.1, -0.05) is 0 Å². The molecule has 1 aliphatic carbocycles. The molecule has 1 N–H and O–H groups in total. The lowest BCUT2D eigenvalue weighted by molar-refractivity contribution is -0.137. The number of nitrogens with zero attached hydrogens (tertiary/aromatic N) is 2. The van der Waals surface area contributed by atoms with Crippen LogP contribution in [-0.4, -0.2) is 47.6 Å². The molecule has 1 saturated heterocycles. The Bertz CT molecular complexity index is 949. The maximum Gasteiger partial charge on any atom is 0.254 e. The summed E-state index contributed by atoms with van der Waals surface area (Å²) in [6, 6.07) is 5.92. The van der Waals surface area contributed by atoms with Crippen LogP contribution in [0, 0.1) is 17.7 Å². The van der Waals surface area contributed by atoms with Crippen LogP contribution in [0.4, 0.5) is 4.39 Å². The van der Waals surface area contributed by atoms with E-state index in [0.717, 1.165) is 38.2 Å². The minimum atomic E-state index is -0.330. The Morgan fingerprint density at radius 3 is 2.57 bits per heavy atom. The number of aryl methyl sites for hydroxylation is 1. The van der Waals surface area contributed by atoms with E-state index >= 15 is 0 Å². The van der Waals surface area contributed by atoms with Crippen molar-refractivity contribution in [2.24, 2.45) is 11.8 Å². The number of carbonyl (C=O) groups is 1. The SMILES string of the molecule is COCC1CCN(C(=O)C2CCc3nc(-c4ccc(F)cc4)[nH]c(=O)c3CC2)CC1. The first-order chi connectivity index (χ1) is 14.5. The molecule has 0 bridgehead atoms. The average molecular weight is 413 g/mol. The third-order valence-corrected chi connectivity index (χ3v) is 6.37. The normalized spacial score (nSPS) is 19.9. The Labute approximate surface area is 175 Å². The number of ether oxygens (including phenoxy) is 1. The molecule has 1 aromatic carbocycles. The second kappa shape index (κ2) is 9.08. The van der Waals surface area contributed by atoms with E-state index in [1.807, 2.05) is 4.90 Å². The number of carbonyl (C=O) groups excluding carboxylic acids is 1. The number of amides is 1. The van der Waals surface area contributed by atoms with Crippen LogP contribution in [0.5, 0.6) is 0 Å². The van der Waals surface area contributed by atoms with Gasteiger partial charge in [0.25, 0.3) is 5.56 Å². The van der Waals surface area contributed by atoms with E-state index < -0.39 is 0 Å². The van der Waals surface area contributed by atoms with Crippen LogP contribution in [0.25, 0.3) is 11.4 Å². The lowest BCUT2D eigenvalue weighted by atomic mass is 9.94. The molecule has 160 valence electrons. The first-order valence-corrected chi connectivity index (χ1v) is 10.7. The number of rotatable bonds is 4. The summed E-state index contributed by atoms with van der Waals surface area (Å²) in [4.78, 5) is 35.2. The number of likely N-dealkylation sites (tertiary alicyclic amines) is 1. The minimum Gasteiger partial charge on any atom is -0.384 e. The van der Waals surface area contributed by atoms with Crippen molar-refractivity contribution in [3.8, 4) is 11.4 Å². The van der Waals surface area contributed by atoms with Crippen LogP contribution in [0.3, 0.4) is 0 Å². The predicted molar refractivity (Wildman–Crippen MR) is 112 cm³/mol. The molecule has 7 heteroatoms. The number of fused-ring (bicyclic) bond motifs is 1. The van der Waals surface area contributed by atoms with Crippen LogP contribution in [0.15, 0.2) is 29.1 Å². The summed E-state index contributed by atoms with van der Waals surface area (Å²) in [5.41, 5.74) is 1.95. The monoisotopic (exact) mass is 413 g/mol. The van der Waals surface area contributed by atoms with Crippen molar-refractivity contribution in [2.75, 3.05) is 26.8 Å². The number of halogens is 1. The molecule has 4 rings (SSSR count). The molecule has 1 fully saturated rings. The molecule has 1 unspecified atom stereocenters. The highest BCUT2D eigenvalue weighted by Crippen LogP contribution is 2.27. The Kier molecular flexibility index (Phi) is 6.27. The number of benzene rings is 1. The number of H-pyrrole nitrogens is 1. The van der Waals surface area contributed by atoms with Crippen LogP contribution >= 0.6 is 0 Å². The van der Waals surface area contributed by atoms with Crippen LogP contribution in [0.2, 0.25) is 0 Å². The number of methoxy groups -OCH3 is 1. The first-order valence-electron chi connectivity index (χ1n) is 10.7. The van der Waals surface area contributed by atoms with Gasteiger partial charge in [-0.25, -0.2) is 9.37 Å². The van der Waals surface area contributed by atoms with Gasteiger partial charge in [0.15, 0.2) is 0 Å². The Morgan fingerprint density at radius 2 is 1.87 bits per heavy atom. The highest BCUT2D eigenvalue weighted by Gasteiger charge is 2.30. The molecule has 2 aliphatic rings. The Hall–Kier alpha value is -2.54. The van der Waals surface area contributed by atoms with Crippen molar-refractivity contribution in [2.45, 2.75) is 38.5 Å². The van der Waals surface area contributed by atoms with Crippen molar-refractivity contribution < 1.29 is 13.9 Å². The molecular weight excluding hydrogens is 385 g/mol. The number of hydrogen-bond acceptors (Lipinski definition) is 4. The molecule has 1 atom stereocenters. The van der Waals surface area contributed by atoms with E-state index in [1.54, 1.807) is 19.2 Å². The maximum absolute atomic E-state index is 13.2. The van der Waals surface area contributed by atoms with Crippen molar-refractivity contribution in [1.82, 2.24) is 14.9 Å². The summed E-state index contributed by atoms with van der Waals surface area (Å²) in [5, 5.41) is 0. The lowest BCUT2D eigenvalue weighted by Gasteiger charge is -2.34. The second-order valence-corrected chi connectivity index (χ2v) is 8.34. The molecule has 1 aliphatic heterocycles. The van der Waals surface area contributed by atoms with Gasteiger partial charge in [-0.05, 0) is 68.7 Å². The van der Waals surface area contributed by atoms with Crippen LogP contribution < -0.4 is 5.56 Å². The highest BCUT2D eigenvalue weighted by atomic mass is 19.1. The molecule has 2 aromatic rings. The summed E-state index contributed by atoms with van der Waals surface area (Å²) < 4.78 is 18.4. The Balaban J connectivity index is 1.45. The fraction of sp³-hybridized carbons (Fsp3) is 0.522. The fourth-order valence-electron chi connectivity index (χ4n) is 4.59. The van der Waals surface area contributed by atoms with Gasteiger partial charge in [-0.15, -0.1) is 0 Å². The number of nitrogens with one attached hydrogen (secondary N) is 1. The zero-order chi connectivity index (χ0) is 21.1. The van der Waals surface area contributed by atoms with E-state index in [9.17, 15) is 14.0 Å². The molecule has 0 saturated carbocycles. The smallest absolute Gasteiger partial charge is 0.254 e. The number of piperidine rings is 1. The van der Waals surface area contributed by atoms with E-state index in [2.05, 4.69) is 9.97 Å². The van der Waals surface area contributed by atoms with E-state index in [0.29, 0.717) is 48.6 Å². The third-order valence-electron chi connectivity index (χ3n) is 6.37. The van der Waals surface area contributed by atoms with Crippen molar-refractivity contribution in [3.05, 3.63) is 51.7 Å². The standard InChI is InChI=1S/C23H28FN3O3/c1-30-14-15-10-12-27(13-11-15)23(29)17-4-8-19-20(9-5-17)25-21(26-22(19)28)16-2-6-18(24)7-3-16/h2-3,6-7,15,17H,4-5,8-14H2,1H3,(H,25,26,28). The van der Waals surface area contributed by atoms with Crippen molar-refractivity contribution in [1.29, 1.82) is 0 Å². The van der Waals surface area contributed by atoms with E-state index in [4.69, 9.17) is 4.74 Å². The van der Waals surface area contributed by atoms with E-state index in [1.165, 1.54) is 12.1 Å². The molecule has 6 nitrogen and oxygen atoms in total. The van der Waals surface area contributed by atoms with Gasteiger partial charge in [-0.3, -0.25) is 9.59 Å². The van der Waals surface area contributed by atoms with Gasteiger partial charge in [0, 0.05) is 43.9 Å². The molecular formula is C23H28FN3O3. The number of aromatic nitrogens is 2.